The summed E-state index contributed by atoms with van der Waals surface area (Å²) < 4.78 is 37.6. The van der Waals surface area contributed by atoms with Crippen LogP contribution in [0.1, 0.15) is 11.6 Å². The van der Waals surface area contributed by atoms with E-state index in [1.807, 2.05) is 19.0 Å². The summed E-state index contributed by atoms with van der Waals surface area (Å²) in [4.78, 5) is 1.84. The molecule has 17 heavy (non-hydrogen) atoms. The summed E-state index contributed by atoms with van der Waals surface area (Å²) in [5.41, 5.74) is 0.742. The minimum Gasteiger partial charge on any atom is -0.301 e. The van der Waals surface area contributed by atoms with E-state index in [9.17, 15) is 12.8 Å². The second kappa shape index (κ2) is 5.57. The van der Waals surface area contributed by atoms with Crippen molar-refractivity contribution < 1.29 is 12.8 Å². The number of hydrogen-bond donors (Lipinski definition) is 1. The first-order valence-electron chi connectivity index (χ1n) is 5.16. The molecule has 0 heterocycles. The Morgan fingerprint density at radius 3 is 2.53 bits per heavy atom. The zero-order valence-electron chi connectivity index (χ0n) is 10.1. The monoisotopic (exact) mass is 260 g/mol. The van der Waals surface area contributed by atoms with Gasteiger partial charge in [0.1, 0.15) is 5.82 Å². The Balaban J connectivity index is 2.87. The van der Waals surface area contributed by atoms with Gasteiger partial charge >= 0.3 is 0 Å². The van der Waals surface area contributed by atoms with Gasteiger partial charge in [0.05, 0.1) is 6.26 Å². The molecule has 0 unspecified atom stereocenters. The number of rotatable bonds is 5. The van der Waals surface area contributed by atoms with Gasteiger partial charge in [0.25, 0.3) is 0 Å². The zero-order valence-corrected chi connectivity index (χ0v) is 11.0. The second-order valence-corrected chi connectivity index (χ2v) is 5.99. The molecule has 0 bridgehead atoms. The van der Waals surface area contributed by atoms with Gasteiger partial charge in [-0.2, -0.15) is 0 Å². The number of halogens is 1. The third-order valence-electron chi connectivity index (χ3n) is 2.40. The Labute approximate surface area is 101 Å². The summed E-state index contributed by atoms with van der Waals surface area (Å²) in [5.74, 6) is -0.325. The van der Waals surface area contributed by atoms with Crippen LogP contribution in [0.2, 0.25) is 0 Å². The molecule has 0 aromatic heterocycles. The third-order valence-corrected chi connectivity index (χ3v) is 3.09. The molecule has 1 aromatic rings. The van der Waals surface area contributed by atoms with E-state index >= 15 is 0 Å². The Bertz CT molecular complexity index is 474. The minimum absolute atomic E-state index is 0.194. The van der Waals surface area contributed by atoms with E-state index in [-0.39, 0.29) is 18.4 Å². The molecule has 0 aliphatic heterocycles. The molecule has 1 aromatic carbocycles. The van der Waals surface area contributed by atoms with Crippen LogP contribution in [0.15, 0.2) is 24.3 Å². The van der Waals surface area contributed by atoms with Crippen LogP contribution in [0.25, 0.3) is 0 Å². The summed E-state index contributed by atoms with van der Waals surface area (Å²) in [6, 6.07) is 5.97. The Hall–Kier alpha value is -0.980. The first-order chi connectivity index (χ1) is 7.79. The number of likely N-dealkylation sites (N-methyl/N-ethyl adjacent to an activating group) is 1. The highest BCUT2D eigenvalue weighted by Gasteiger charge is 2.16. The van der Waals surface area contributed by atoms with Crippen molar-refractivity contribution in [2.45, 2.75) is 6.04 Å². The summed E-state index contributed by atoms with van der Waals surface area (Å²) in [5, 5.41) is 0. The van der Waals surface area contributed by atoms with Crippen LogP contribution in [-0.2, 0) is 10.0 Å². The lowest BCUT2D eigenvalue weighted by Gasteiger charge is -2.24. The van der Waals surface area contributed by atoms with E-state index in [0.29, 0.717) is 0 Å². The molecule has 0 spiro atoms. The molecule has 1 N–H and O–H groups in total. The molecule has 0 saturated heterocycles. The molecule has 96 valence electrons. The van der Waals surface area contributed by atoms with E-state index in [1.54, 1.807) is 12.1 Å². The fourth-order valence-electron chi connectivity index (χ4n) is 1.54. The highest BCUT2D eigenvalue weighted by atomic mass is 32.2. The van der Waals surface area contributed by atoms with Crippen molar-refractivity contribution in [1.82, 2.24) is 9.62 Å². The Morgan fingerprint density at radius 2 is 2.06 bits per heavy atom. The predicted molar refractivity (Wildman–Crippen MR) is 65.7 cm³/mol. The highest BCUT2D eigenvalue weighted by molar-refractivity contribution is 7.88. The molecule has 0 saturated carbocycles. The van der Waals surface area contributed by atoms with Crippen LogP contribution in [0.5, 0.6) is 0 Å². The van der Waals surface area contributed by atoms with E-state index in [0.717, 1.165) is 11.8 Å². The van der Waals surface area contributed by atoms with Gasteiger partial charge in [-0.05, 0) is 31.8 Å². The summed E-state index contributed by atoms with van der Waals surface area (Å²) in [7, 11) is 0.397. The normalized spacial score (nSPS) is 13.9. The van der Waals surface area contributed by atoms with Crippen molar-refractivity contribution in [3.05, 3.63) is 35.6 Å². The molecular formula is C11H17FN2O2S. The van der Waals surface area contributed by atoms with Crippen LogP contribution >= 0.6 is 0 Å². The van der Waals surface area contributed by atoms with Crippen LogP contribution in [0.4, 0.5) is 4.39 Å². The van der Waals surface area contributed by atoms with Gasteiger partial charge < -0.3 is 4.90 Å². The summed E-state index contributed by atoms with van der Waals surface area (Å²) in [6.07, 6.45) is 1.10. The lowest BCUT2D eigenvalue weighted by atomic mass is 10.1. The molecule has 0 radical (unpaired) electrons. The first kappa shape index (κ1) is 14.1. The molecule has 0 aliphatic rings. The van der Waals surface area contributed by atoms with E-state index in [4.69, 9.17) is 0 Å². The Morgan fingerprint density at radius 1 is 1.41 bits per heavy atom. The van der Waals surface area contributed by atoms with Crippen molar-refractivity contribution in [3.8, 4) is 0 Å². The van der Waals surface area contributed by atoms with E-state index < -0.39 is 10.0 Å². The van der Waals surface area contributed by atoms with Crippen LogP contribution in [0, 0.1) is 5.82 Å². The lowest BCUT2D eigenvalue weighted by Crippen LogP contribution is -2.34. The standard InChI is InChI=1S/C11H17FN2O2S/c1-14(2)11(8-13-17(3,15)16)9-5-4-6-10(12)7-9/h4-7,11,13H,8H2,1-3H3/t11-/m1/s1. The fraction of sp³-hybridized carbons (Fsp3) is 0.455. The van der Waals surface area contributed by atoms with Crippen LogP contribution < -0.4 is 4.72 Å². The third kappa shape index (κ3) is 4.80. The predicted octanol–water partition coefficient (Wildman–Crippen LogP) is 0.978. The van der Waals surface area contributed by atoms with Crippen molar-refractivity contribution in [3.63, 3.8) is 0 Å². The van der Waals surface area contributed by atoms with Crippen LogP contribution in [-0.4, -0.2) is 40.2 Å². The highest BCUT2D eigenvalue weighted by Crippen LogP contribution is 2.18. The van der Waals surface area contributed by atoms with Crippen molar-refractivity contribution in [2.24, 2.45) is 0 Å². The van der Waals surface area contributed by atoms with E-state index in [2.05, 4.69) is 4.72 Å². The number of nitrogens with zero attached hydrogens (tertiary/aromatic N) is 1. The molecule has 6 heteroatoms. The Kier molecular flexibility index (Phi) is 4.62. The van der Waals surface area contributed by atoms with Gasteiger partial charge in [-0.15, -0.1) is 0 Å². The van der Waals surface area contributed by atoms with Gasteiger partial charge in [-0.3, -0.25) is 0 Å². The maximum Gasteiger partial charge on any atom is 0.208 e. The van der Waals surface area contributed by atoms with Crippen molar-refractivity contribution in [2.75, 3.05) is 26.9 Å². The first-order valence-corrected chi connectivity index (χ1v) is 7.05. The number of nitrogens with one attached hydrogen (secondary N) is 1. The number of sulfonamides is 1. The average Bonchev–Trinajstić information content (AvgIpc) is 2.15. The van der Waals surface area contributed by atoms with Gasteiger partial charge in [0.2, 0.25) is 10.0 Å². The number of hydrogen-bond acceptors (Lipinski definition) is 3. The van der Waals surface area contributed by atoms with Crippen LogP contribution in [0.3, 0.4) is 0 Å². The van der Waals surface area contributed by atoms with Crippen molar-refractivity contribution in [1.29, 1.82) is 0 Å². The van der Waals surface area contributed by atoms with Gasteiger partial charge in [-0.25, -0.2) is 17.5 Å². The van der Waals surface area contributed by atoms with Gasteiger partial charge in [0.15, 0.2) is 0 Å². The second-order valence-electron chi connectivity index (χ2n) is 4.16. The molecular weight excluding hydrogens is 243 g/mol. The molecule has 0 fully saturated rings. The van der Waals surface area contributed by atoms with Gasteiger partial charge in [-0.1, -0.05) is 12.1 Å². The minimum atomic E-state index is -3.24. The SMILES string of the molecule is CN(C)[C@H](CNS(C)(=O)=O)c1cccc(F)c1. The zero-order chi connectivity index (χ0) is 13.1. The van der Waals surface area contributed by atoms with E-state index in [1.165, 1.54) is 12.1 Å². The quantitative estimate of drug-likeness (QED) is 0.858. The average molecular weight is 260 g/mol. The maximum atomic E-state index is 13.1. The molecule has 1 atom stereocenters. The number of benzene rings is 1. The summed E-state index contributed by atoms with van der Waals surface area (Å²) in [6.45, 7) is 0.218. The molecule has 0 amide bonds. The smallest absolute Gasteiger partial charge is 0.208 e. The largest absolute Gasteiger partial charge is 0.301 e. The molecule has 4 nitrogen and oxygen atoms in total. The van der Waals surface area contributed by atoms with Gasteiger partial charge in [0, 0.05) is 12.6 Å². The molecule has 1 rings (SSSR count). The summed E-state index contributed by atoms with van der Waals surface area (Å²) >= 11 is 0. The fourth-order valence-corrected chi connectivity index (χ4v) is 2.00. The topological polar surface area (TPSA) is 49.4 Å². The lowest BCUT2D eigenvalue weighted by molar-refractivity contribution is 0.299. The molecule has 0 aliphatic carbocycles. The maximum absolute atomic E-state index is 13.1. The van der Waals surface area contributed by atoms with Crippen molar-refractivity contribution >= 4 is 10.0 Å².